The number of hydrogen-bond donors (Lipinski definition) is 2. The lowest BCUT2D eigenvalue weighted by atomic mass is 10.3. The summed E-state index contributed by atoms with van der Waals surface area (Å²) in [6, 6.07) is 6.54. The molecule has 0 aliphatic rings. The Balaban J connectivity index is 2.68. The average molecular weight is 287 g/mol. The molecule has 7 heteroatoms. The van der Waals surface area contributed by atoms with Crippen LogP contribution in [0.25, 0.3) is 0 Å². The van der Waals surface area contributed by atoms with Gasteiger partial charge in [-0.3, -0.25) is 9.52 Å². The molecular weight excluding hydrogens is 270 g/mol. The molecule has 0 unspecified atom stereocenters. The minimum absolute atomic E-state index is 0.360. The van der Waals surface area contributed by atoms with Gasteiger partial charge in [-0.05, 0) is 18.6 Å². The number of carboxylic acids is 1. The van der Waals surface area contributed by atoms with E-state index in [1.54, 1.807) is 24.3 Å². The second-order valence-corrected chi connectivity index (χ2v) is 5.78. The van der Waals surface area contributed by atoms with Gasteiger partial charge in [-0.25, -0.2) is 8.42 Å². The van der Waals surface area contributed by atoms with Crippen molar-refractivity contribution >= 4 is 21.7 Å². The monoisotopic (exact) mass is 287 g/mol. The summed E-state index contributed by atoms with van der Waals surface area (Å²) in [6.07, 6.45) is 0.427. The molecule has 1 aromatic rings. The van der Waals surface area contributed by atoms with Crippen LogP contribution in [0.2, 0.25) is 0 Å². The van der Waals surface area contributed by atoms with Gasteiger partial charge >= 0.3 is 5.97 Å². The number of sulfonamides is 1. The average Bonchev–Trinajstić information content (AvgIpc) is 2.34. The number of carbonyl (C=O) groups is 1. The smallest absolute Gasteiger partial charge is 0.304 e. The van der Waals surface area contributed by atoms with Crippen molar-refractivity contribution in [2.75, 3.05) is 17.1 Å². The van der Waals surface area contributed by atoms with Crippen LogP contribution in [0.5, 0.6) is 5.75 Å². The highest BCUT2D eigenvalue weighted by Gasteiger charge is 2.13. The lowest BCUT2D eigenvalue weighted by molar-refractivity contribution is -0.136. The van der Waals surface area contributed by atoms with Crippen LogP contribution in [-0.2, 0) is 14.8 Å². The molecule has 0 bridgehead atoms. The first-order valence-electron chi connectivity index (χ1n) is 5.88. The van der Waals surface area contributed by atoms with E-state index in [9.17, 15) is 13.2 Å². The van der Waals surface area contributed by atoms with E-state index in [1.807, 2.05) is 6.92 Å². The Labute approximate surface area is 112 Å². The molecule has 0 saturated heterocycles. The van der Waals surface area contributed by atoms with Gasteiger partial charge in [0.05, 0.1) is 24.5 Å². The Hall–Kier alpha value is -1.76. The molecule has 0 amide bonds. The van der Waals surface area contributed by atoms with Gasteiger partial charge in [0.15, 0.2) is 0 Å². The maximum Gasteiger partial charge on any atom is 0.304 e. The number of benzene rings is 1. The van der Waals surface area contributed by atoms with Crippen molar-refractivity contribution in [2.24, 2.45) is 0 Å². The summed E-state index contributed by atoms with van der Waals surface area (Å²) in [5.74, 6) is -1.03. The second-order valence-electron chi connectivity index (χ2n) is 3.94. The lowest BCUT2D eigenvalue weighted by Crippen LogP contribution is -2.18. The number of aliphatic carboxylic acids is 1. The first kappa shape index (κ1) is 15.3. The van der Waals surface area contributed by atoms with E-state index < -0.39 is 28.2 Å². The third-order valence-corrected chi connectivity index (χ3v) is 3.45. The van der Waals surface area contributed by atoms with Crippen LogP contribution in [-0.4, -0.2) is 31.9 Å². The summed E-state index contributed by atoms with van der Waals surface area (Å²) >= 11 is 0. The van der Waals surface area contributed by atoms with Gasteiger partial charge < -0.3 is 9.84 Å². The van der Waals surface area contributed by atoms with Crippen molar-refractivity contribution in [1.29, 1.82) is 0 Å². The molecule has 2 N–H and O–H groups in total. The van der Waals surface area contributed by atoms with Crippen LogP contribution < -0.4 is 9.46 Å². The number of carboxylic acid groups (broad SMARTS) is 1. The predicted octanol–water partition coefficient (Wildman–Crippen LogP) is 1.69. The van der Waals surface area contributed by atoms with E-state index in [1.165, 1.54) is 0 Å². The summed E-state index contributed by atoms with van der Waals surface area (Å²) in [4.78, 5) is 10.4. The van der Waals surface area contributed by atoms with Gasteiger partial charge in [-0.2, -0.15) is 0 Å². The maximum absolute atomic E-state index is 11.6. The van der Waals surface area contributed by atoms with Crippen LogP contribution in [0.3, 0.4) is 0 Å². The number of anilines is 1. The first-order chi connectivity index (χ1) is 8.93. The molecule has 0 aliphatic heterocycles. The van der Waals surface area contributed by atoms with Crippen molar-refractivity contribution in [2.45, 2.75) is 19.8 Å². The zero-order valence-corrected chi connectivity index (χ0v) is 11.4. The van der Waals surface area contributed by atoms with Crippen LogP contribution in [0.4, 0.5) is 5.69 Å². The van der Waals surface area contributed by atoms with E-state index >= 15 is 0 Å². The molecule has 0 spiro atoms. The number of hydrogen-bond acceptors (Lipinski definition) is 4. The molecule has 6 nitrogen and oxygen atoms in total. The summed E-state index contributed by atoms with van der Waals surface area (Å²) in [5.41, 5.74) is 0.360. The van der Waals surface area contributed by atoms with E-state index in [-0.39, 0.29) is 0 Å². The van der Waals surface area contributed by atoms with Gasteiger partial charge in [0.2, 0.25) is 10.0 Å². The Bertz CT molecular complexity index is 527. The fraction of sp³-hybridized carbons (Fsp3) is 0.417. The molecule has 1 rings (SSSR count). The van der Waals surface area contributed by atoms with E-state index in [0.717, 1.165) is 6.42 Å². The minimum atomic E-state index is -3.65. The predicted molar refractivity (Wildman–Crippen MR) is 71.9 cm³/mol. The molecule has 19 heavy (non-hydrogen) atoms. The standard InChI is InChI=1S/C12H17NO5S/c1-2-7-18-11-5-3-4-10(9-11)13-19(16,17)8-6-12(14)15/h3-5,9,13H,2,6-8H2,1H3,(H,14,15). The minimum Gasteiger partial charge on any atom is -0.494 e. The fourth-order valence-electron chi connectivity index (χ4n) is 1.32. The summed E-state index contributed by atoms with van der Waals surface area (Å²) in [7, 11) is -3.65. The summed E-state index contributed by atoms with van der Waals surface area (Å²) < 4.78 is 30.9. The van der Waals surface area contributed by atoms with Gasteiger partial charge in [0.1, 0.15) is 5.75 Å². The fourth-order valence-corrected chi connectivity index (χ4v) is 2.35. The maximum atomic E-state index is 11.6. The molecule has 0 radical (unpaired) electrons. The van der Waals surface area contributed by atoms with Gasteiger partial charge in [0, 0.05) is 6.07 Å². The Morgan fingerprint density at radius 1 is 1.42 bits per heavy atom. The molecule has 0 heterocycles. The Morgan fingerprint density at radius 2 is 2.16 bits per heavy atom. The highest BCUT2D eigenvalue weighted by molar-refractivity contribution is 7.92. The van der Waals surface area contributed by atoms with Crippen molar-refractivity contribution < 1.29 is 23.1 Å². The zero-order chi connectivity index (χ0) is 14.3. The van der Waals surface area contributed by atoms with Crippen LogP contribution >= 0.6 is 0 Å². The largest absolute Gasteiger partial charge is 0.494 e. The molecule has 0 atom stereocenters. The Kier molecular flexibility index (Phi) is 5.62. The highest BCUT2D eigenvalue weighted by Crippen LogP contribution is 2.18. The van der Waals surface area contributed by atoms with Gasteiger partial charge in [-0.1, -0.05) is 13.0 Å². The van der Waals surface area contributed by atoms with Crippen LogP contribution in [0.1, 0.15) is 19.8 Å². The highest BCUT2D eigenvalue weighted by atomic mass is 32.2. The number of ether oxygens (including phenoxy) is 1. The normalized spacial score (nSPS) is 11.0. The second kappa shape index (κ2) is 6.98. The summed E-state index contributed by atoms with van der Waals surface area (Å²) in [6.45, 7) is 2.52. The quantitative estimate of drug-likeness (QED) is 0.759. The van der Waals surface area contributed by atoms with Crippen molar-refractivity contribution in [3.63, 3.8) is 0 Å². The van der Waals surface area contributed by atoms with Crippen molar-refractivity contribution in [3.05, 3.63) is 24.3 Å². The van der Waals surface area contributed by atoms with Crippen LogP contribution in [0, 0.1) is 0 Å². The van der Waals surface area contributed by atoms with Crippen LogP contribution in [0.15, 0.2) is 24.3 Å². The van der Waals surface area contributed by atoms with Crippen molar-refractivity contribution in [3.8, 4) is 5.75 Å². The molecule has 0 fully saturated rings. The molecule has 1 aromatic carbocycles. The third-order valence-electron chi connectivity index (χ3n) is 2.16. The molecular formula is C12H17NO5S. The molecule has 106 valence electrons. The van der Waals surface area contributed by atoms with E-state index in [0.29, 0.717) is 18.0 Å². The molecule has 0 saturated carbocycles. The van der Waals surface area contributed by atoms with E-state index in [4.69, 9.17) is 9.84 Å². The third kappa shape index (κ3) is 6.10. The van der Waals surface area contributed by atoms with E-state index in [2.05, 4.69) is 4.72 Å². The molecule has 0 aromatic heterocycles. The SMILES string of the molecule is CCCOc1cccc(NS(=O)(=O)CCC(=O)O)c1. The summed E-state index contributed by atoms with van der Waals surface area (Å²) in [5, 5.41) is 8.47. The lowest BCUT2D eigenvalue weighted by Gasteiger charge is -2.09. The van der Waals surface area contributed by atoms with Gasteiger partial charge in [0.25, 0.3) is 0 Å². The van der Waals surface area contributed by atoms with Crippen molar-refractivity contribution in [1.82, 2.24) is 0 Å². The topological polar surface area (TPSA) is 92.7 Å². The van der Waals surface area contributed by atoms with Gasteiger partial charge in [-0.15, -0.1) is 0 Å². The number of nitrogens with one attached hydrogen (secondary N) is 1. The number of rotatable bonds is 8. The first-order valence-corrected chi connectivity index (χ1v) is 7.53. The Morgan fingerprint density at radius 3 is 2.79 bits per heavy atom. The molecule has 0 aliphatic carbocycles. The zero-order valence-electron chi connectivity index (χ0n) is 10.6.